The van der Waals surface area contributed by atoms with Gasteiger partial charge >= 0.3 is 0 Å². The van der Waals surface area contributed by atoms with Crippen LogP contribution in [-0.4, -0.2) is 43.5 Å². The highest BCUT2D eigenvalue weighted by molar-refractivity contribution is 7.92. The van der Waals surface area contributed by atoms with Gasteiger partial charge in [0.25, 0.3) is 0 Å². The van der Waals surface area contributed by atoms with E-state index in [4.69, 9.17) is 11.6 Å². The fourth-order valence-corrected chi connectivity index (χ4v) is 3.82. The Morgan fingerprint density at radius 2 is 2.06 bits per heavy atom. The molecule has 0 atom stereocenters. The van der Waals surface area contributed by atoms with Crippen LogP contribution in [0, 0.1) is 5.82 Å². The van der Waals surface area contributed by atoms with E-state index in [9.17, 15) is 8.42 Å². The van der Waals surface area contributed by atoms with Gasteiger partial charge in [-0.15, -0.1) is 0 Å². The monoisotopic (exact) mass is 468 g/mol. The molecule has 0 saturated carbocycles. The number of nitrogens with one attached hydrogen (secondary N) is 3. The molecule has 168 valence electrons. The first-order chi connectivity index (χ1) is 14.6. The van der Waals surface area contributed by atoms with E-state index in [2.05, 4.69) is 32.4 Å². The second kappa shape index (κ2) is 9.27. The van der Waals surface area contributed by atoms with Crippen LogP contribution in [0.25, 0.3) is 17.0 Å². The van der Waals surface area contributed by atoms with Crippen LogP contribution in [0.1, 0.15) is 38.8 Å². The summed E-state index contributed by atoms with van der Waals surface area (Å²) >= 11 is 6.19. The number of sulfonamides is 1. The van der Waals surface area contributed by atoms with Gasteiger partial charge in [-0.05, 0) is 38.5 Å². The minimum absolute atomic E-state index is 0.0268. The van der Waals surface area contributed by atoms with E-state index in [1.807, 2.05) is 26.1 Å². The number of anilines is 1. The average molecular weight is 469 g/mol. The zero-order valence-electron chi connectivity index (χ0n) is 17.8. The van der Waals surface area contributed by atoms with E-state index in [1.54, 1.807) is 4.68 Å². The zero-order chi connectivity index (χ0) is 22.8. The summed E-state index contributed by atoms with van der Waals surface area (Å²) in [6, 6.07) is 2.70. The topological polar surface area (TPSA) is 100 Å². The molecule has 0 aliphatic carbocycles. The molecule has 31 heavy (non-hydrogen) atoms. The number of benzene rings is 1. The number of guanidine groups is 1. The Bertz CT molecular complexity index is 1140. The molecule has 11 heteroatoms. The smallest absolute Gasteiger partial charge is 0.229 e. The summed E-state index contributed by atoms with van der Waals surface area (Å²) in [6.07, 6.45) is 5.61. The Morgan fingerprint density at radius 1 is 1.32 bits per heavy atom. The lowest BCUT2D eigenvalue weighted by atomic mass is 10.0. The van der Waals surface area contributed by atoms with Crippen LogP contribution < -0.4 is 15.4 Å². The largest absolute Gasteiger partial charge is 0.356 e. The van der Waals surface area contributed by atoms with Crippen molar-refractivity contribution in [3.63, 3.8) is 0 Å². The van der Waals surface area contributed by atoms with E-state index in [-0.39, 0.29) is 22.3 Å². The van der Waals surface area contributed by atoms with E-state index >= 15 is 4.39 Å². The number of nitrogens with zero attached hydrogens (tertiary/aromatic N) is 3. The lowest BCUT2D eigenvalue weighted by Gasteiger charge is -2.18. The highest BCUT2D eigenvalue weighted by atomic mass is 35.5. The van der Waals surface area contributed by atoms with Gasteiger partial charge in [0.15, 0.2) is 11.8 Å². The first-order valence-corrected chi connectivity index (χ1v) is 12.2. The second-order valence-electron chi connectivity index (χ2n) is 7.51. The van der Waals surface area contributed by atoms with Crippen LogP contribution in [0.3, 0.4) is 0 Å². The molecule has 1 aromatic carbocycles. The molecule has 2 heterocycles. The van der Waals surface area contributed by atoms with Crippen molar-refractivity contribution in [2.45, 2.75) is 33.2 Å². The number of aromatic nitrogens is 2. The third kappa shape index (κ3) is 5.56. The van der Waals surface area contributed by atoms with E-state index in [1.165, 1.54) is 12.1 Å². The first kappa shape index (κ1) is 23.1. The van der Waals surface area contributed by atoms with Gasteiger partial charge in [-0.2, -0.15) is 5.10 Å². The molecule has 0 unspecified atom stereocenters. The second-order valence-corrected chi connectivity index (χ2v) is 9.70. The van der Waals surface area contributed by atoms with Crippen molar-refractivity contribution in [2.75, 3.05) is 24.1 Å². The minimum atomic E-state index is -3.69. The predicted molar refractivity (Wildman–Crippen MR) is 123 cm³/mol. The fourth-order valence-electron chi connectivity index (χ4n) is 3.05. The van der Waals surface area contributed by atoms with Crippen LogP contribution in [0.4, 0.5) is 10.1 Å². The molecule has 1 aromatic heterocycles. The molecule has 0 bridgehead atoms. The zero-order valence-corrected chi connectivity index (χ0v) is 19.4. The molecule has 2 aromatic rings. The quantitative estimate of drug-likeness (QED) is 0.576. The number of hydrogen-bond donors (Lipinski definition) is 3. The average Bonchev–Trinajstić information content (AvgIpc) is 3.13. The molecule has 8 nitrogen and oxygen atoms in total. The lowest BCUT2D eigenvalue weighted by molar-refractivity contribution is 0.533. The standard InChI is InChI=1S/C20H26ClFN6O2S/c1-5-7-23-20-24-8-6-16(25-20)15-11-28(12(2)3)26-19(15)14-9-13(21)10-17(18(14)22)27-31(4,29)30/h6,9-12,27H,5,7-8H2,1-4H3,(H2,23,24,25). The number of rotatable bonds is 7. The fraction of sp³-hybridized carbons (Fsp3) is 0.400. The van der Waals surface area contributed by atoms with Crippen molar-refractivity contribution in [1.82, 2.24) is 20.4 Å². The van der Waals surface area contributed by atoms with Crippen molar-refractivity contribution in [3.05, 3.63) is 40.8 Å². The molecule has 3 rings (SSSR count). The Kier molecular flexibility index (Phi) is 6.90. The summed E-state index contributed by atoms with van der Waals surface area (Å²) in [4.78, 5) is 4.39. The Hall–Kier alpha value is -2.59. The van der Waals surface area contributed by atoms with Crippen LogP contribution in [0.2, 0.25) is 5.02 Å². The number of hydrogen-bond acceptors (Lipinski definition) is 6. The Balaban J connectivity index is 2.10. The van der Waals surface area contributed by atoms with Gasteiger partial charge in [-0.1, -0.05) is 18.5 Å². The molecule has 0 radical (unpaired) electrons. The number of aliphatic imine (C=N–C) groups is 1. The molecule has 1 aliphatic rings. The van der Waals surface area contributed by atoms with Crippen molar-refractivity contribution in [2.24, 2.45) is 4.99 Å². The van der Waals surface area contributed by atoms with Gasteiger partial charge in [-0.3, -0.25) is 9.40 Å². The highest BCUT2D eigenvalue weighted by Gasteiger charge is 2.23. The summed E-state index contributed by atoms with van der Waals surface area (Å²) in [5.74, 6) is -0.118. The number of halogens is 2. The molecule has 0 saturated heterocycles. The Labute approximate surface area is 186 Å². The van der Waals surface area contributed by atoms with E-state index in [0.29, 0.717) is 23.8 Å². The molecule has 0 fully saturated rings. The lowest BCUT2D eigenvalue weighted by Crippen LogP contribution is -2.38. The van der Waals surface area contributed by atoms with Crippen LogP contribution in [0.5, 0.6) is 0 Å². The van der Waals surface area contributed by atoms with Crippen molar-refractivity contribution >= 4 is 39.0 Å². The van der Waals surface area contributed by atoms with Gasteiger partial charge in [0.2, 0.25) is 10.0 Å². The Morgan fingerprint density at radius 3 is 2.71 bits per heavy atom. The minimum Gasteiger partial charge on any atom is -0.356 e. The van der Waals surface area contributed by atoms with Gasteiger partial charge in [-0.25, -0.2) is 17.8 Å². The maximum absolute atomic E-state index is 15.4. The van der Waals surface area contributed by atoms with E-state index in [0.717, 1.165) is 24.9 Å². The van der Waals surface area contributed by atoms with Crippen molar-refractivity contribution in [1.29, 1.82) is 0 Å². The molecule has 3 N–H and O–H groups in total. The van der Waals surface area contributed by atoms with Gasteiger partial charge in [0.1, 0.15) is 5.69 Å². The third-order valence-electron chi connectivity index (χ3n) is 4.48. The summed E-state index contributed by atoms with van der Waals surface area (Å²) in [6.45, 7) is 7.20. The van der Waals surface area contributed by atoms with Crippen LogP contribution >= 0.6 is 11.6 Å². The van der Waals surface area contributed by atoms with Crippen molar-refractivity contribution in [3.8, 4) is 11.3 Å². The summed E-state index contributed by atoms with van der Waals surface area (Å²) in [7, 11) is -3.69. The highest BCUT2D eigenvalue weighted by Crippen LogP contribution is 2.35. The van der Waals surface area contributed by atoms with Crippen molar-refractivity contribution < 1.29 is 12.8 Å². The normalized spacial score (nSPS) is 14.2. The SMILES string of the molecule is CCCNC1=NCC=C(c2cn(C(C)C)nc2-c2cc(Cl)cc(NS(C)(=O)=O)c2F)N1. The van der Waals surface area contributed by atoms with Gasteiger partial charge in [0.05, 0.1) is 18.5 Å². The summed E-state index contributed by atoms with van der Waals surface area (Å²) in [5, 5.41) is 11.2. The molecule has 0 spiro atoms. The third-order valence-corrected chi connectivity index (χ3v) is 5.29. The van der Waals surface area contributed by atoms with Gasteiger partial charge in [0, 0.05) is 40.6 Å². The molecular weight excluding hydrogens is 443 g/mol. The first-order valence-electron chi connectivity index (χ1n) is 9.91. The molecule has 1 aliphatic heterocycles. The summed E-state index contributed by atoms with van der Waals surface area (Å²) in [5.41, 5.74) is 1.60. The maximum atomic E-state index is 15.4. The van der Waals surface area contributed by atoms with Crippen LogP contribution in [0.15, 0.2) is 29.4 Å². The molecule has 0 amide bonds. The maximum Gasteiger partial charge on any atom is 0.229 e. The summed E-state index contributed by atoms with van der Waals surface area (Å²) < 4.78 is 42.6. The molecular formula is C20H26ClFN6O2S. The predicted octanol–water partition coefficient (Wildman–Crippen LogP) is 3.59. The van der Waals surface area contributed by atoms with E-state index < -0.39 is 15.8 Å². The van der Waals surface area contributed by atoms with Crippen LogP contribution in [-0.2, 0) is 10.0 Å². The van der Waals surface area contributed by atoms with Gasteiger partial charge < -0.3 is 10.6 Å².